The Balaban J connectivity index is 2.40. The van der Waals surface area contributed by atoms with Gasteiger partial charge < -0.3 is 10.1 Å². The lowest BCUT2D eigenvalue weighted by Gasteiger charge is -2.15. The lowest BCUT2D eigenvalue weighted by atomic mass is 10.1. The summed E-state index contributed by atoms with van der Waals surface area (Å²) in [5, 5.41) is 4.06. The molecule has 0 radical (unpaired) electrons. The van der Waals surface area contributed by atoms with Crippen molar-refractivity contribution in [3.8, 4) is 0 Å². The lowest BCUT2D eigenvalue weighted by Crippen LogP contribution is -2.21. The molecule has 0 spiro atoms. The maximum Gasteiger partial charge on any atom is 0.305 e. The Morgan fingerprint density at radius 1 is 1.56 bits per heavy atom. The standard InChI is InChI=1S/C13H17BrClNO2/c1-9(16-7-3-4-13(17)18-2)11-6-5-10(14)8-12(11)15/h5-6,8-9,16H,3-4,7H2,1-2H3. The third-order valence-corrected chi connectivity index (χ3v) is 3.49. The van der Waals surface area contributed by atoms with Crippen molar-refractivity contribution in [3.05, 3.63) is 33.3 Å². The number of rotatable bonds is 6. The minimum Gasteiger partial charge on any atom is -0.469 e. The number of esters is 1. The number of nitrogens with one attached hydrogen (secondary N) is 1. The van der Waals surface area contributed by atoms with Gasteiger partial charge in [-0.2, -0.15) is 0 Å². The molecule has 0 saturated heterocycles. The molecule has 0 amide bonds. The van der Waals surface area contributed by atoms with Crippen molar-refractivity contribution in [1.29, 1.82) is 0 Å². The number of carbonyl (C=O) groups excluding carboxylic acids is 1. The molecule has 1 unspecified atom stereocenters. The van der Waals surface area contributed by atoms with E-state index in [1.807, 2.05) is 25.1 Å². The largest absolute Gasteiger partial charge is 0.469 e. The van der Waals surface area contributed by atoms with Gasteiger partial charge in [-0.05, 0) is 37.6 Å². The van der Waals surface area contributed by atoms with Crippen LogP contribution >= 0.6 is 27.5 Å². The number of carbonyl (C=O) groups is 1. The summed E-state index contributed by atoms with van der Waals surface area (Å²) >= 11 is 9.54. The molecule has 0 aromatic heterocycles. The van der Waals surface area contributed by atoms with Crippen LogP contribution in [0.1, 0.15) is 31.4 Å². The van der Waals surface area contributed by atoms with Gasteiger partial charge in [-0.15, -0.1) is 0 Å². The fourth-order valence-electron chi connectivity index (χ4n) is 1.62. The molecule has 0 aliphatic rings. The summed E-state index contributed by atoms with van der Waals surface area (Å²) in [6, 6.07) is 5.99. The van der Waals surface area contributed by atoms with Gasteiger partial charge in [-0.1, -0.05) is 33.6 Å². The third kappa shape index (κ3) is 4.96. The second-order valence-corrected chi connectivity index (χ2v) is 5.34. The summed E-state index contributed by atoms with van der Waals surface area (Å²) in [4.78, 5) is 10.9. The molecule has 18 heavy (non-hydrogen) atoms. The zero-order valence-electron chi connectivity index (χ0n) is 10.5. The van der Waals surface area contributed by atoms with Gasteiger partial charge >= 0.3 is 5.97 Å². The molecule has 5 heteroatoms. The molecule has 0 heterocycles. The summed E-state index contributed by atoms with van der Waals surface area (Å²) in [6.07, 6.45) is 1.19. The molecular formula is C13H17BrClNO2. The summed E-state index contributed by atoms with van der Waals surface area (Å²) in [6.45, 7) is 2.80. The van der Waals surface area contributed by atoms with Gasteiger partial charge in [0.15, 0.2) is 0 Å². The minimum absolute atomic E-state index is 0.156. The van der Waals surface area contributed by atoms with Crippen molar-refractivity contribution in [1.82, 2.24) is 5.32 Å². The third-order valence-electron chi connectivity index (χ3n) is 2.66. The molecule has 1 N–H and O–H groups in total. The van der Waals surface area contributed by atoms with Gasteiger partial charge in [-0.3, -0.25) is 4.79 Å². The van der Waals surface area contributed by atoms with Gasteiger partial charge in [0.2, 0.25) is 0 Å². The lowest BCUT2D eigenvalue weighted by molar-refractivity contribution is -0.140. The van der Waals surface area contributed by atoms with Crippen LogP contribution in [0.2, 0.25) is 5.02 Å². The van der Waals surface area contributed by atoms with Gasteiger partial charge in [0.05, 0.1) is 7.11 Å². The molecule has 0 aliphatic carbocycles. The zero-order valence-corrected chi connectivity index (χ0v) is 12.8. The van der Waals surface area contributed by atoms with Crippen molar-refractivity contribution in [2.45, 2.75) is 25.8 Å². The van der Waals surface area contributed by atoms with Crippen molar-refractivity contribution in [2.24, 2.45) is 0 Å². The Hall–Kier alpha value is -0.580. The summed E-state index contributed by atoms with van der Waals surface area (Å²) in [5.74, 6) is -0.175. The number of methoxy groups -OCH3 is 1. The van der Waals surface area contributed by atoms with Crippen LogP contribution in [0.3, 0.4) is 0 Å². The van der Waals surface area contributed by atoms with Gasteiger partial charge in [0.25, 0.3) is 0 Å². The molecule has 0 bridgehead atoms. The summed E-state index contributed by atoms with van der Waals surface area (Å²) < 4.78 is 5.55. The molecule has 0 aliphatic heterocycles. The minimum atomic E-state index is -0.175. The molecular weight excluding hydrogens is 318 g/mol. The Kier molecular flexibility index (Phi) is 6.68. The Morgan fingerprint density at radius 3 is 2.89 bits per heavy atom. The first-order valence-corrected chi connectivity index (χ1v) is 6.97. The highest BCUT2D eigenvalue weighted by molar-refractivity contribution is 9.10. The first-order chi connectivity index (χ1) is 8.54. The first-order valence-electron chi connectivity index (χ1n) is 5.79. The fraction of sp³-hybridized carbons (Fsp3) is 0.462. The zero-order chi connectivity index (χ0) is 13.5. The van der Waals surface area contributed by atoms with Crippen molar-refractivity contribution < 1.29 is 9.53 Å². The maximum absolute atomic E-state index is 10.9. The predicted molar refractivity (Wildman–Crippen MR) is 76.8 cm³/mol. The van der Waals surface area contributed by atoms with E-state index in [9.17, 15) is 4.79 Å². The molecule has 100 valence electrons. The first kappa shape index (κ1) is 15.5. The van der Waals surface area contributed by atoms with Crippen LogP contribution in [0.15, 0.2) is 22.7 Å². The smallest absolute Gasteiger partial charge is 0.305 e. The summed E-state index contributed by atoms with van der Waals surface area (Å²) in [7, 11) is 1.40. The van der Waals surface area contributed by atoms with E-state index >= 15 is 0 Å². The predicted octanol–water partition coefficient (Wildman–Crippen LogP) is 3.71. The molecule has 1 aromatic rings. The van der Waals surface area contributed by atoms with Crippen molar-refractivity contribution in [3.63, 3.8) is 0 Å². The van der Waals surface area contributed by atoms with Gasteiger partial charge in [0.1, 0.15) is 0 Å². The molecule has 0 fully saturated rings. The van der Waals surface area contributed by atoms with Gasteiger partial charge in [-0.25, -0.2) is 0 Å². The number of halogens is 2. The van der Waals surface area contributed by atoms with E-state index in [1.165, 1.54) is 7.11 Å². The number of ether oxygens (including phenoxy) is 1. The van der Waals surface area contributed by atoms with Crippen molar-refractivity contribution in [2.75, 3.05) is 13.7 Å². The second-order valence-electron chi connectivity index (χ2n) is 4.02. The van der Waals surface area contributed by atoms with Crippen LogP contribution in [0, 0.1) is 0 Å². The molecule has 1 rings (SSSR count). The van der Waals surface area contributed by atoms with E-state index in [0.29, 0.717) is 6.42 Å². The quantitative estimate of drug-likeness (QED) is 0.637. The number of hydrogen-bond donors (Lipinski definition) is 1. The van der Waals surface area contributed by atoms with Crippen LogP contribution < -0.4 is 5.32 Å². The van der Waals surface area contributed by atoms with E-state index in [4.69, 9.17) is 11.6 Å². The average molecular weight is 335 g/mol. The van der Waals surface area contributed by atoms with Gasteiger partial charge in [0, 0.05) is 22.0 Å². The average Bonchev–Trinajstić information content (AvgIpc) is 2.34. The van der Waals surface area contributed by atoms with Crippen LogP contribution in [0.5, 0.6) is 0 Å². The van der Waals surface area contributed by atoms with E-state index < -0.39 is 0 Å². The Morgan fingerprint density at radius 2 is 2.28 bits per heavy atom. The maximum atomic E-state index is 10.9. The highest BCUT2D eigenvalue weighted by Gasteiger charge is 2.09. The van der Waals surface area contributed by atoms with Crippen LogP contribution in [-0.4, -0.2) is 19.6 Å². The van der Waals surface area contributed by atoms with Crippen molar-refractivity contribution >= 4 is 33.5 Å². The molecule has 0 saturated carbocycles. The molecule has 1 atom stereocenters. The number of benzene rings is 1. The molecule has 3 nitrogen and oxygen atoms in total. The number of hydrogen-bond acceptors (Lipinski definition) is 3. The highest BCUT2D eigenvalue weighted by atomic mass is 79.9. The fourth-order valence-corrected chi connectivity index (χ4v) is 2.45. The monoisotopic (exact) mass is 333 g/mol. The SMILES string of the molecule is COC(=O)CCCNC(C)c1ccc(Br)cc1Cl. The summed E-state index contributed by atoms with van der Waals surface area (Å²) in [5.41, 5.74) is 1.05. The highest BCUT2D eigenvalue weighted by Crippen LogP contribution is 2.26. The topological polar surface area (TPSA) is 38.3 Å². The van der Waals surface area contributed by atoms with Crippen LogP contribution in [-0.2, 0) is 9.53 Å². The van der Waals surface area contributed by atoms with Crippen LogP contribution in [0.25, 0.3) is 0 Å². The Bertz CT molecular complexity index is 412. The van der Waals surface area contributed by atoms with E-state index in [0.717, 1.165) is 28.0 Å². The second kappa shape index (κ2) is 7.77. The molecule has 1 aromatic carbocycles. The normalized spacial score (nSPS) is 12.2. The van der Waals surface area contributed by atoms with Crippen LogP contribution in [0.4, 0.5) is 0 Å². The Labute approximate surface area is 121 Å². The van der Waals surface area contributed by atoms with E-state index in [-0.39, 0.29) is 12.0 Å². The van der Waals surface area contributed by atoms with E-state index in [2.05, 4.69) is 26.0 Å². The van der Waals surface area contributed by atoms with E-state index in [1.54, 1.807) is 0 Å².